The third-order valence-electron chi connectivity index (χ3n) is 1.93. The Morgan fingerprint density at radius 1 is 1.40 bits per heavy atom. The van der Waals surface area contributed by atoms with E-state index in [1.165, 1.54) is 0 Å². The Balaban J connectivity index is 2.43. The van der Waals surface area contributed by atoms with E-state index in [0.717, 1.165) is 18.8 Å². The molecule has 0 spiro atoms. The summed E-state index contributed by atoms with van der Waals surface area (Å²) in [5.74, 6) is 1.38. The van der Waals surface area contributed by atoms with Gasteiger partial charge in [0.1, 0.15) is 0 Å². The fraction of sp³-hybridized carbons (Fsp3) is 0.583. The monoisotopic (exact) mass is 208 g/mol. The molecule has 0 unspecified atom stereocenters. The van der Waals surface area contributed by atoms with Crippen molar-refractivity contribution in [2.45, 2.75) is 27.3 Å². The van der Waals surface area contributed by atoms with Crippen LogP contribution in [-0.4, -0.2) is 18.1 Å². The number of hydrogen-bond acceptors (Lipinski definition) is 3. The zero-order chi connectivity index (χ0) is 11.1. The maximum atomic E-state index is 5.34. The van der Waals surface area contributed by atoms with Crippen LogP contribution in [0.3, 0.4) is 0 Å². The van der Waals surface area contributed by atoms with Gasteiger partial charge in [-0.05, 0) is 25.5 Å². The van der Waals surface area contributed by atoms with Crippen LogP contribution in [0.4, 0.5) is 0 Å². The van der Waals surface area contributed by atoms with Gasteiger partial charge in [0.2, 0.25) is 5.88 Å². The lowest BCUT2D eigenvalue weighted by molar-refractivity contribution is 0.325. The van der Waals surface area contributed by atoms with E-state index < -0.39 is 0 Å². The zero-order valence-corrected chi connectivity index (χ0v) is 9.79. The zero-order valence-electron chi connectivity index (χ0n) is 9.79. The topological polar surface area (TPSA) is 34.1 Å². The van der Waals surface area contributed by atoms with Crippen molar-refractivity contribution in [1.29, 1.82) is 0 Å². The van der Waals surface area contributed by atoms with Gasteiger partial charge in [-0.2, -0.15) is 0 Å². The fourth-order valence-electron chi connectivity index (χ4n) is 1.27. The van der Waals surface area contributed by atoms with Crippen molar-refractivity contribution < 1.29 is 4.74 Å². The molecule has 3 nitrogen and oxygen atoms in total. The van der Waals surface area contributed by atoms with Gasteiger partial charge in [-0.25, -0.2) is 4.98 Å². The van der Waals surface area contributed by atoms with E-state index in [1.807, 2.05) is 25.1 Å². The Bertz CT molecular complexity index is 287. The van der Waals surface area contributed by atoms with Gasteiger partial charge in [-0.1, -0.05) is 19.9 Å². The molecule has 15 heavy (non-hydrogen) atoms. The van der Waals surface area contributed by atoms with Crippen molar-refractivity contribution in [2.75, 3.05) is 13.2 Å². The van der Waals surface area contributed by atoms with Gasteiger partial charge in [0.15, 0.2) is 0 Å². The lowest BCUT2D eigenvalue weighted by atomic mass is 10.2. The highest BCUT2D eigenvalue weighted by Gasteiger charge is 1.98. The van der Waals surface area contributed by atoms with E-state index >= 15 is 0 Å². The summed E-state index contributed by atoms with van der Waals surface area (Å²) in [6, 6.07) is 5.87. The molecule has 3 heteroatoms. The molecule has 0 aliphatic rings. The average Bonchev–Trinajstić information content (AvgIpc) is 2.18. The highest BCUT2D eigenvalue weighted by molar-refractivity contribution is 5.15. The van der Waals surface area contributed by atoms with Crippen LogP contribution in [0.15, 0.2) is 18.2 Å². The van der Waals surface area contributed by atoms with E-state index in [2.05, 4.69) is 24.1 Å². The largest absolute Gasteiger partial charge is 0.478 e. The summed E-state index contributed by atoms with van der Waals surface area (Å²) in [5, 5.41) is 3.35. The van der Waals surface area contributed by atoms with Crippen molar-refractivity contribution in [2.24, 2.45) is 5.92 Å². The summed E-state index contributed by atoms with van der Waals surface area (Å²) >= 11 is 0. The molecule has 1 aromatic heterocycles. The van der Waals surface area contributed by atoms with Crippen molar-refractivity contribution in [3.8, 4) is 5.88 Å². The van der Waals surface area contributed by atoms with Gasteiger partial charge in [0.05, 0.1) is 12.3 Å². The highest BCUT2D eigenvalue weighted by atomic mass is 16.5. The molecule has 1 aromatic rings. The van der Waals surface area contributed by atoms with Crippen LogP contribution in [0.25, 0.3) is 0 Å². The molecule has 84 valence electrons. The molecule has 0 bridgehead atoms. The standard InChI is InChI=1S/C12H20N2O/c1-4-15-12-7-5-6-11(14-12)9-13-8-10(2)3/h5-7,10,13H,4,8-9H2,1-3H3. The lowest BCUT2D eigenvalue weighted by Gasteiger charge is -2.08. The summed E-state index contributed by atoms with van der Waals surface area (Å²) in [5.41, 5.74) is 1.03. The Labute approximate surface area is 91.9 Å². The number of ether oxygens (including phenoxy) is 1. The second-order valence-corrected chi connectivity index (χ2v) is 3.92. The van der Waals surface area contributed by atoms with Gasteiger partial charge < -0.3 is 10.1 Å². The van der Waals surface area contributed by atoms with Crippen molar-refractivity contribution >= 4 is 0 Å². The second-order valence-electron chi connectivity index (χ2n) is 3.92. The average molecular weight is 208 g/mol. The van der Waals surface area contributed by atoms with Crippen LogP contribution in [0.1, 0.15) is 26.5 Å². The number of rotatable bonds is 6. The molecule has 0 atom stereocenters. The summed E-state index contributed by atoms with van der Waals surface area (Å²) in [7, 11) is 0. The van der Waals surface area contributed by atoms with Crippen LogP contribution >= 0.6 is 0 Å². The van der Waals surface area contributed by atoms with E-state index in [1.54, 1.807) is 0 Å². The number of pyridine rings is 1. The normalized spacial score (nSPS) is 10.7. The third kappa shape index (κ3) is 4.79. The Morgan fingerprint density at radius 2 is 2.20 bits per heavy atom. The Morgan fingerprint density at radius 3 is 2.87 bits per heavy atom. The molecule has 1 N–H and O–H groups in total. The Hall–Kier alpha value is -1.09. The minimum absolute atomic E-state index is 0.663. The van der Waals surface area contributed by atoms with E-state index in [4.69, 9.17) is 4.74 Å². The maximum Gasteiger partial charge on any atom is 0.213 e. The first-order valence-electron chi connectivity index (χ1n) is 5.51. The predicted octanol–water partition coefficient (Wildman–Crippen LogP) is 2.23. The molecule has 0 fully saturated rings. The Kier molecular flexibility index (Phi) is 5.12. The molecular weight excluding hydrogens is 188 g/mol. The van der Waals surface area contributed by atoms with Gasteiger partial charge in [-0.3, -0.25) is 0 Å². The molecule has 0 saturated heterocycles. The number of nitrogens with zero attached hydrogens (tertiary/aromatic N) is 1. The minimum atomic E-state index is 0.663. The summed E-state index contributed by atoms with van der Waals surface area (Å²) in [6.45, 7) is 8.83. The van der Waals surface area contributed by atoms with E-state index in [0.29, 0.717) is 18.4 Å². The first kappa shape index (κ1) is 12.0. The summed E-state index contributed by atoms with van der Waals surface area (Å²) < 4.78 is 5.34. The molecule has 1 heterocycles. The predicted molar refractivity (Wildman–Crippen MR) is 62.0 cm³/mol. The van der Waals surface area contributed by atoms with E-state index in [-0.39, 0.29) is 0 Å². The quantitative estimate of drug-likeness (QED) is 0.778. The van der Waals surface area contributed by atoms with Crippen LogP contribution in [-0.2, 0) is 6.54 Å². The smallest absolute Gasteiger partial charge is 0.213 e. The molecule has 0 aliphatic carbocycles. The van der Waals surface area contributed by atoms with E-state index in [9.17, 15) is 0 Å². The number of aromatic nitrogens is 1. The molecular formula is C12H20N2O. The fourth-order valence-corrected chi connectivity index (χ4v) is 1.27. The summed E-state index contributed by atoms with van der Waals surface area (Å²) in [6.07, 6.45) is 0. The van der Waals surface area contributed by atoms with Crippen molar-refractivity contribution in [3.05, 3.63) is 23.9 Å². The van der Waals surface area contributed by atoms with Crippen molar-refractivity contribution in [1.82, 2.24) is 10.3 Å². The van der Waals surface area contributed by atoms with Crippen molar-refractivity contribution in [3.63, 3.8) is 0 Å². The lowest BCUT2D eigenvalue weighted by Crippen LogP contribution is -2.19. The SMILES string of the molecule is CCOc1cccc(CNCC(C)C)n1. The molecule has 0 radical (unpaired) electrons. The second kappa shape index (κ2) is 6.40. The number of nitrogens with one attached hydrogen (secondary N) is 1. The van der Waals surface area contributed by atoms with Crippen LogP contribution < -0.4 is 10.1 Å². The van der Waals surface area contributed by atoms with Gasteiger partial charge in [0, 0.05) is 12.6 Å². The molecule has 0 saturated carbocycles. The van der Waals surface area contributed by atoms with Crippen LogP contribution in [0.2, 0.25) is 0 Å². The molecule has 0 aromatic carbocycles. The van der Waals surface area contributed by atoms with Gasteiger partial charge >= 0.3 is 0 Å². The highest BCUT2D eigenvalue weighted by Crippen LogP contribution is 2.07. The summed E-state index contributed by atoms with van der Waals surface area (Å²) in [4.78, 5) is 4.37. The first-order valence-corrected chi connectivity index (χ1v) is 5.51. The molecule has 1 rings (SSSR count). The molecule has 0 amide bonds. The maximum absolute atomic E-state index is 5.34. The first-order chi connectivity index (χ1) is 7.22. The van der Waals surface area contributed by atoms with Crippen LogP contribution in [0, 0.1) is 5.92 Å². The third-order valence-corrected chi connectivity index (χ3v) is 1.93. The van der Waals surface area contributed by atoms with Gasteiger partial charge in [-0.15, -0.1) is 0 Å². The van der Waals surface area contributed by atoms with Gasteiger partial charge in [0.25, 0.3) is 0 Å². The number of hydrogen-bond donors (Lipinski definition) is 1. The molecule has 0 aliphatic heterocycles. The van der Waals surface area contributed by atoms with Crippen LogP contribution in [0.5, 0.6) is 5.88 Å². The minimum Gasteiger partial charge on any atom is -0.478 e.